The van der Waals surface area contributed by atoms with Crippen LogP contribution in [0.3, 0.4) is 0 Å². The van der Waals surface area contributed by atoms with Crippen LogP contribution in [0.25, 0.3) is 0 Å². The van der Waals surface area contributed by atoms with Crippen molar-refractivity contribution in [1.82, 2.24) is 0 Å². The van der Waals surface area contributed by atoms with E-state index in [-0.39, 0.29) is 20.3 Å². The summed E-state index contributed by atoms with van der Waals surface area (Å²) >= 11 is 0. The summed E-state index contributed by atoms with van der Waals surface area (Å²) < 4.78 is 0. The van der Waals surface area contributed by atoms with Crippen LogP contribution in [-0.4, -0.2) is 22.2 Å². The molecule has 0 aromatic heterocycles. The van der Waals surface area contributed by atoms with Gasteiger partial charge in [-0.25, -0.2) is 0 Å². The van der Waals surface area contributed by atoms with Gasteiger partial charge in [0.1, 0.15) is 0 Å². The predicted octanol–water partition coefficient (Wildman–Crippen LogP) is 1.73. The van der Waals surface area contributed by atoms with E-state index >= 15 is 0 Å². The van der Waals surface area contributed by atoms with Crippen LogP contribution in [0.1, 0.15) is 91.3 Å². The van der Waals surface area contributed by atoms with Gasteiger partial charge in [-0.15, -0.1) is 0 Å². The second kappa shape index (κ2) is 17.6. The zero-order chi connectivity index (χ0) is 15.1. The summed E-state index contributed by atoms with van der Waals surface area (Å²) in [7, 11) is 0. The molecule has 4 nitrogen and oxygen atoms in total. The zero-order valence-electron chi connectivity index (χ0n) is 14.6. The molecule has 0 saturated carbocycles. The third-order valence-corrected chi connectivity index (χ3v) is 3.53. The van der Waals surface area contributed by atoms with E-state index in [1.807, 2.05) is 0 Å². The van der Waals surface area contributed by atoms with Crippen molar-refractivity contribution in [3.05, 3.63) is 0 Å². The first-order valence-corrected chi connectivity index (χ1v) is 8.06. The molecule has 5 heteroatoms. The van der Waals surface area contributed by atoms with Crippen LogP contribution in [0.5, 0.6) is 0 Å². The minimum absolute atomic E-state index is 0. The van der Waals surface area contributed by atoms with Crippen molar-refractivity contribution in [3.8, 4) is 0 Å². The summed E-state index contributed by atoms with van der Waals surface area (Å²) in [6.07, 6.45) is 14.1. The van der Waals surface area contributed by atoms with Gasteiger partial charge < -0.3 is 11.6 Å². The molecule has 0 saturated heterocycles. The van der Waals surface area contributed by atoms with E-state index < -0.39 is 11.9 Å². The second-order valence-corrected chi connectivity index (χ2v) is 5.53. The standard InChI is InChI=1S/C16H30O4.Li.H/c17-15(18)13-11-9-7-5-3-1-2-4-6-8-10-12-14-16(19)20;;/h1-14H2,(H,17,18)(H,19,20);;/q;+1;-1. The van der Waals surface area contributed by atoms with Gasteiger partial charge in [-0.05, 0) is 12.8 Å². The van der Waals surface area contributed by atoms with Gasteiger partial charge in [0, 0.05) is 12.8 Å². The van der Waals surface area contributed by atoms with Crippen LogP contribution in [-0.2, 0) is 9.59 Å². The molecule has 0 aromatic rings. The minimum atomic E-state index is -0.687. The van der Waals surface area contributed by atoms with Crippen molar-refractivity contribution in [1.29, 1.82) is 0 Å². The van der Waals surface area contributed by atoms with Crippen molar-refractivity contribution in [2.45, 2.75) is 89.9 Å². The summed E-state index contributed by atoms with van der Waals surface area (Å²) in [6, 6.07) is 0. The summed E-state index contributed by atoms with van der Waals surface area (Å²) in [4.78, 5) is 20.6. The van der Waals surface area contributed by atoms with Crippen molar-refractivity contribution in [2.24, 2.45) is 0 Å². The average molecular weight is 294 g/mol. The molecule has 0 spiro atoms. The SMILES string of the molecule is O=C(O)CCCCCCCCCCCCCCC(=O)O.[H-].[Li+]. The smallest absolute Gasteiger partial charge is 1.00 e. The molecule has 0 aromatic carbocycles. The van der Waals surface area contributed by atoms with Crippen LogP contribution in [0.4, 0.5) is 0 Å². The second-order valence-electron chi connectivity index (χ2n) is 5.53. The Balaban J connectivity index is -0.00000180. The third kappa shape index (κ3) is 22.0. The van der Waals surface area contributed by atoms with E-state index in [1.54, 1.807) is 0 Å². The van der Waals surface area contributed by atoms with E-state index in [0.29, 0.717) is 12.8 Å². The molecule has 0 unspecified atom stereocenters. The fourth-order valence-corrected chi connectivity index (χ4v) is 2.32. The quantitative estimate of drug-likeness (QED) is 0.356. The van der Waals surface area contributed by atoms with E-state index in [2.05, 4.69) is 0 Å². The molecule has 0 fully saturated rings. The van der Waals surface area contributed by atoms with Crippen molar-refractivity contribution in [2.75, 3.05) is 0 Å². The van der Waals surface area contributed by atoms with Gasteiger partial charge in [0.2, 0.25) is 0 Å². The van der Waals surface area contributed by atoms with Gasteiger partial charge in [-0.2, -0.15) is 0 Å². The number of hydrogen-bond acceptors (Lipinski definition) is 2. The largest absolute Gasteiger partial charge is 1.00 e. The van der Waals surface area contributed by atoms with Gasteiger partial charge in [0.15, 0.2) is 0 Å². The molecule has 0 radical (unpaired) electrons. The zero-order valence-corrected chi connectivity index (χ0v) is 13.6. The molecule has 0 aliphatic carbocycles. The maximum Gasteiger partial charge on any atom is 1.00 e. The Hall–Kier alpha value is -0.463. The Morgan fingerprint density at radius 3 is 0.905 bits per heavy atom. The third-order valence-electron chi connectivity index (χ3n) is 3.53. The van der Waals surface area contributed by atoms with E-state index in [9.17, 15) is 9.59 Å². The first-order chi connectivity index (χ1) is 9.63. The first-order valence-electron chi connectivity index (χ1n) is 8.06. The Labute approximate surface area is 142 Å². The van der Waals surface area contributed by atoms with E-state index in [0.717, 1.165) is 38.5 Å². The first kappa shape index (κ1) is 22.8. The Bertz CT molecular complexity index is 237. The average Bonchev–Trinajstić information content (AvgIpc) is 2.38. The molecule has 0 atom stereocenters. The fourth-order valence-electron chi connectivity index (χ4n) is 2.32. The van der Waals surface area contributed by atoms with Gasteiger partial charge in [0.25, 0.3) is 0 Å². The van der Waals surface area contributed by atoms with Gasteiger partial charge in [-0.1, -0.05) is 64.2 Å². The maximum absolute atomic E-state index is 10.3. The fraction of sp³-hybridized carbons (Fsp3) is 0.875. The van der Waals surface area contributed by atoms with Crippen LogP contribution in [0.15, 0.2) is 0 Å². The molecular formula is C16H31LiO4. The summed E-state index contributed by atoms with van der Waals surface area (Å²) in [5, 5.41) is 17.0. The maximum atomic E-state index is 10.3. The van der Waals surface area contributed by atoms with Crippen LogP contribution < -0.4 is 18.9 Å². The number of unbranched alkanes of at least 4 members (excludes halogenated alkanes) is 11. The number of rotatable bonds is 15. The predicted molar refractivity (Wildman–Crippen MR) is 81.0 cm³/mol. The van der Waals surface area contributed by atoms with Crippen molar-refractivity contribution in [3.63, 3.8) is 0 Å². The number of hydrogen-bond donors (Lipinski definition) is 2. The molecular weight excluding hydrogens is 263 g/mol. The summed E-state index contributed by atoms with van der Waals surface area (Å²) in [5.74, 6) is -1.37. The number of carbonyl (C=O) groups is 2. The van der Waals surface area contributed by atoms with Gasteiger partial charge >= 0.3 is 30.8 Å². The normalized spacial score (nSPS) is 10.1. The topological polar surface area (TPSA) is 74.6 Å². The van der Waals surface area contributed by atoms with Crippen molar-refractivity contribution >= 4 is 11.9 Å². The molecule has 0 rings (SSSR count). The Morgan fingerprint density at radius 2 is 0.714 bits per heavy atom. The molecule has 0 bridgehead atoms. The van der Waals surface area contributed by atoms with Crippen LogP contribution in [0.2, 0.25) is 0 Å². The Kier molecular flexibility index (Phi) is 19.1. The molecule has 21 heavy (non-hydrogen) atoms. The van der Waals surface area contributed by atoms with Crippen LogP contribution in [0, 0.1) is 0 Å². The summed E-state index contributed by atoms with van der Waals surface area (Å²) in [5.41, 5.74) is 0. The number of carboxylic acids is 2. The summed E-state index contributed by atoms with van der Waals surface area (Å²) in [6.45, 7) is 0. The Morgan fingerprint density at radius 1 is 0.524 bits per heavy atom. The van der Waals surface area contributed by atoms with E-state index in [4.69, 9.17) is 10.2 Å². The van der Waals surface area contributed by atoms with Crippen LogP contribution >= 0.6 is 0 Å². The number of aliphatic carboxylic acids is 2. The molecule has 2 N–H and O–H groups in total. The molecule has 0 amide bonds. The molecule has 0 heterocycles. The van der Waals surface area contributed by atoms with Gasteiger partial charge in [-0.3, -0.25) is 9.59 Å². The van der Waals surface area contributed by atoms with Gasteiger partial charge in [0.05, 0.1) is 0 Å². The molecule has 120 valence electrons. The monoisotopic (exact) mass is 294 g/mol. The van der Waals surface area contributed by atoms with Crippen molar-refractivity contribution < 1.29 is 40.1 Å². The molecule has 0 aliphatic rings. The number of carboxylic acid groups (broad SMARTS) is 2. The molecule has 0 aliphatic heterocycles. The van der Waals surface area contributed by atoms with E-state index in [1.165, 1.54) is 38.5 Å². The minimum Gasteiger partial charge on any atom is -1.00 e.